The van der Waals surface area contributed by atoms with E-state index in [0.717, 1.165) is 123 Å². The summed E-state index contributed by atoms with van der Waals surface area (Å²) in [4.78, 5) is 4.87. The molecule has 87 heavy (non-hydrogen) atoms. The van der Waals surface area contributed by atoms with Crippen molar-refractivity contribution in [2.24, 2.45) is 0 Å². The van der Waals surface area contributed by atoms with Crippen LogP contribution in [0.5, 0.6) is 0 Å². The fourth-order valence-electron chi connectivity index (χ4n) is 14.0. The average Bonchev–Trinajstić information content (AvgIpc) is 1.29. The lowest BCUT2D eigenvalue weighted by molar-refractivity contribution is 0.668. The van der Waals surface area contributed by atoms with Crippen molar-refractivity contribution in [3.8, 4) is 55.6 Å². The third-order valence-corrected chi connectivity index (χ3v) is 21.7. The summed E-state index contributed by atoms with van der Waals surface area (Å²) in [6, 6.07) is 111. The molecule has 410 valence electrons. The first-order chi connectivity index (χ1) is 42.9. The molecule has 0 unspecified atom stereocenters. The van der Waals surface area contributed by atoms with Gasteiger partial charge in [0, 0.05) is 44.3 Å². The fraction of sp³-hybridized carbons (Fsp3) is 0.0244. The third-order valence-electron chi connectivity index (χ3n) is 18.1. The topological polar surface area (TPSA) is 32.8 Å². The van der Waals surface area contributed by atoms with Gasteiger partial charge in [-0.1, -0.05) is 225 Å². The average molecular weight is 1130 g/mol. The molecule has 16 aromatic rings. The summed E-state index contributed by atoms with van der Waals surface area (Å²) in [5.41, 5.74) is 21.4. The van der Waals surface area contributed by atoms with E-state index in [4.69, 9.17) is 8.83 Å². The van der Waals surface area contributed by atoms with Crippen molar-refractivity contribution in [1.82, 2.24) is 0 Å². The summed E-state index contributed by atoms with van der Waals surface area (Å²) in [5.74, 6) is 0. The molecule has 0 fully saturated rings. The Morgan fingerprint density at radius 2 is 0.678 bits per heavy atom. The number of hydrogen-bond acceptors (Lipinski definition) is 4. The van der Waals surface area contributed by atoms with Gasteiger partial charge in [-0.15, -0.1) is 0 Å². The van der Waals surface area contributed by atoms with Gasteiger partial charge in [0.1, 0.15) is 19.2 Å². The van der Waals surface area contributed by atoms with Gasteiger partial charge in [0.05, 0.1) is 11.4 Å². The molecule has 0 atom stereocenters. The largest absolute Gasteiger partial charge is 0.454 e. The van der Waals surface area contributed by atoms with Gasteiger partial charge in [0.2, 0.25) is 0 Å². The Morgan fingerprint density at radius 1 is 0.264 bits per heavy atom. The van der Waals surface area contributed by atoms with Crippen LogP contribution in [0.4, 0.5) is 34.1 Å². The molecule has 0 N–H and O–H groups in total. The molecule has 4 nitrogen and oxygen atoms in total. The molecular formula is C82H56N2O2Si. The Kier molecular flexibility index (Phi) is 11.7. The van der Waals surface area contributed by atoms with Crippen LogP contribution < -0.4 is 20.2 Å². The van der Waals surface area contributed by atoms with Crippen molar-refractivity contribution < 1.29 is 8.83 Å². The molecule has 1 aliphatic rings. The zero-order valence-electron chi connectivity index (χ0n) is 48.1. The highest BCUT2D eigenvalue weighted by Crippen LogP contribution is 2.49. The summed E-state index contributed by atoms with van der Waals surface area (Å²) >= 11 is 0. The molecular weight excluding hydrogens is 1070 g/mol. The Morgan fingerprint density at radius 3 is 1.17 bits per heavy atom. The molecule has 0 bridgehead atoms. The summed E-state index contributed by atoms with van der Waals surface area (Å²) in [5, 5.41) is 12.2. The van der Waals surface area contributed by atoms with Crippen molar-refractivity contribution in [2.45, 2.75) is 13.1 Å². The number of para-hydroxylation sites is 4. The summed E-state index contributed by atoms with van der Waals surface area (Å²) in [6.07, 6.45) is 0. The van der Waals surface area contributed by atoms with E-state index in [9.17, 15) is 0 Å². The van der Waals surface area contributed by atoms with Gasteiger partial charge in [-0.2, -0.15) is 0 Å². The van der Waals surface area contributed by atoms with Crippen LogP contribution in [-0.4, -0.2) is 8.07 Å². The van der Waals surface area contributed by atoms with Crippen LogP contribution in [0.1, 0.15) is 0 Å². The van der Waals surface area contributed by atoms with Crippen LogP contribution in [0, 0.1) is 0 Å². The third kappa shape index (κ3) is 8.34. The molecule has 1 aliphatic heterocycles. The second kappa shape index (κ2) is 20.1. The van der Waals surface area contributed by atoms with Crippen LogP contribution >= 0.6 is 0 Å². The van der Waals surface area contributed by atoms with Gasteiger partial charge in [0.15, 0.2) is 11.2 Å². The van der Waals surface area contributed by atoms with E-state index in [1.54, 1.807) is 0 Å². The van der Waals surface area contributed by atoms with Gasteiger partial charge in [-0.05, 0) is 179 Å². The minimum Gasteiger partial charge on any atom is -0.454 e. The molecule has 3 heterocycles. The zero-order valence-corrected chi connectivity index (χ0v) is 49.1. The highest BCUT2D eigenvalue weighted by Gasteiger charge is 2.37. The minimum absolute atomic E-state index is 0.846. The Bertz CT molecular complexity index is 5260. The van der Waals surface area contributed by atoms with E-state index in [-0.39, 0.29) is 0 Å². The second-order valence-corrected chi connectivity index (χ2v) is 27.9. The van der Waals surface area contributed by atoms with Crippen LogP contribution in [0.3, 0.4) is 0 Å². The van der Waals surface area contributed by atoms with Gasteiger partial charge < -0.3 is 18.6 Å². The zero-order chi connectivity index (χ0) is 57.7. The van der Waals surface area contributed by atoms with Crippen molar-refractivity contribution in [3.05, 3.63) is 303 Å². The highest BCUT2D eigenvalue weighted by molar-refractivity contribution is 7.03. The maximum absolute atomic E-state index is 6.93. The highest BCUT2D eigenvalue weighted by atomic mass is 28.3. The summed E-state index contributed by atoms with van der Waals surface area (Å²) < 4.78 is 13.8. The second-order valence-electron chi connectivity index (χ2n) is 23.6. The van der Waals surface area contributed by atoms with Gasteiger partial charge in [-0.3, -0.25) is 0 Å². The van der Waals surface area contributed by atoms with Crippen LogP contribution in [0.2, 0.25) is 13.1 Å². The number of anilines is 6. The quantitative estimate of drug-likeness (QED) is 0.101. The number of fused-ring (bicyclic) bond motifs is 10. The molecule has 0 spiro atoms. The Balaban J connectivity index is 0.868. The first-order valence-corrected chi connectivity index (χ1v) is 33.0. The number of furan rings is 2. The van der Waals surface area contributed by atoms with E-state index < -0.39 is 8.07 Å². The molecule has 17 rings (SSSR count). The minimum atomic E-state index is -2.47. The maximum Gasteiger partial charge on any atom is 0.159 e. The van der Waals surface area contributed by atoms with Crippen molar-refractivity contribution in [2.75, 3.05) is 9.80 Å². The van der Waals surface area contributed by atoms with Crippen LogP contribution in [-0.2, 0) is 0 Å². The summed E-state index contributed by atoms with van der Waals surface area (Å²) in [6.45, 7) is 5.09. The standard InChI is InChI=1S/C82H56N2O2Si/c1-87(2)78-39-21-32-69-72-51-62(83(74-35-19-33-70-66-30-15-17-37-76(66)85-81(70)74)64-46-58(53-22-7-3-8-23-53)44-59(47-64)54-24-9-4-10-25-54)41-40-57(72)50-73(80(69)78)68-43-42-63(52-79(68)87)84(75-36-20-34-71-67-31-16-18-38-77(67)86-82(71)75)65-48-60(55-26-11-5-12-27-55)45-61(49-65)56-28-13-6-14-29-56/h3-52H,1-2H3. The van der Waals surface area contributed by atoms with E-state index >= 15 is 0 Å². The lowest BCUT2D eigenvalue weighted by Crippen LogP contribution is -2.56. The predicted molar refractivity (Wildman–Crippen MR) is 369 cm³/mol. The predicted octanol–water partition coefficient (Wildman–Crippen LogP) is 22.2. The molecule has 5 heteroatoms. The molecule has 0 aliphatic carbocycles. The van der Waals surface area contributed by atoms with Crippen LogP contribution in [0.15, 0.2) is 312 Å². The van der Waals surface area contributed by atoms with Crippen LogP contribution in [0.25, 0.3) is 121 Å². The van der Waals surface area contributed by atoms with E-state index in [2.05, 4.69) is 326 Å². The molecule has 0 amide bonds. The SMILES string of the molecule is C[Si]1(C)c2cc(N(c3cc(-c4ccccc4)cc(-c4ccccc4)c3)c3cccc4c3oc3ccccc34)ccc2-c2cc3ccc(N(c4cc(-c5ccccc5)cc(-c5ccccc5)c4)c4cccc5c4oc4ccccc45)cc3c3cccc1c23. The molecule has 0 saturated carbocycles. The summed E-state index contributed by atoms with van der Waals surface area (Å²) in [7, 11) is -2.47. The molecule has 0 saturated heterocycles. The van der Waals surface area contributed by atoms with E-state index in [1.807, 2.05) is 0 Å². The number of benzene rings is 14. The lowest BCUT2D eigenvalue weighted by atomic mass is 9.92. The first kappa shape index (κ1) is 50.5. The number of rotatable bonds is 10. The van der Waals surface area contributed by atoms with Gasteiger partial charge >= 0.3 is 0 Å². The first-order valence-electron chi connectivity index (χ1n) is 30.0. The molecule has 2 aromatic heterocycles. The molecule has 0 radical (unpaired) electrons. The Hall–Kier alpha value is -11.0. The number of hydrogen-bond donors (Lipinski definition) is 0. The normalized spacial score (nSPS) is 12.6. The lowest BCUT2D eigenvalue weighted by Gasteiger charge is -2.36. The van der Waals surface area contributed by atoms with Gasteiger partial charge in [0.25, 0.3) is 0 Å². The number of nitrogens with zero attached hydrogens (tertiary/aromatic N) is 2. The molecule has 14 aromatic carbocycles. The van der Waals surface area contributed by atoms with Crippen molar-refractivity contribution >= 4 is 118 Å². The van der Waals surface area contributed by atoms with Crippen molar-refractivity contribution in [1.29, 1.82) is 0 Å². The maximum atomic E-state index is 6.93. The van der Waals surface area contributed by atoms with E-state index in [0.29, 0.717) is 0 Å². The Labute approximate surface area is 505 Å². The van der Waals surface area contributed by atoms with Crippen molar-refractivity contribution in [3.63, 3.8) is 0 Å². The smallest absolute Gasteiger partial charge is 0.159 e. The van der Waals surface area contributed by atoms with Gasteiger partial charge in [-0.25, -0.2) is 0 Å². The monoisotopic (exact) mass is 1130 g/mol. The fourth-order valence-corrected chi connectivity index (χ4v) is 17.1. The van der Waals surface area contributed by atoms with E-state index in [1.165, 1.54) is 43.0 Å².